The fraction of sp³-hybridized carbons (Fsp3) is 0.900. The predicted molar refractivity (Wildman–Crippen MR) is 65.7 cm³/mol. The second-order valence-electron chi connectivity index (χ2n) is 3.99. The molecule has 1 rings (SSSR count). The van der Waals surface area contributed by atoms with Crippen LogP contribution in [0.2, 0.25) is 0 Å². The smallest absolute Gasteiger partial charge is 0.282 e. The number of carbonyl (C=O) groups excluding carboxylic acids is 1. The Labute approximate surface area is 103 Å². The van der Waals surface area contributed by atoms with Crippen LogP contribution in [0.3, 0.4) is 0 Å². The molecule has 1 aliphatic rings. The predicted octanol–water partition coefficient (Wildman–Crippen LogP) is -0.215. The molecule has 0 spiro atoms. The van der Waals surface area contributed by atoms with Crippen molar-refractivity contribution in [3.8, 4) is 0 Å². The highest BCUT2D eigenvalue weighted by atomic mass is 32.2. The van der Waals surface area contributed by atoms with E-state index >= 15 is 0 Å². The van der Waals surface area contributed by atoms with Crippen LogP contribution >= 0.6 is 0 Å². The first-order chi connectivity index (χ1) is 8.02. The lowest BCUT2D eigenvalue weighted by Gasteiger charge is -2.25. The molecule has 0 bridgehead atoms. The summed E-state index contributed by atoms with van der Waals surface area (Å²) in [5, 5.41) is 2.61. The van der Waals surface area contributed by atoms with Gasteiger partial charge in [0.15, 0.2) is 0 Å². The van der Waals surface area contributed by atoms with Gasteiger partial charge in [-0.2, -0.15) is 17.0 Å². The molecular formula is C10H21N3O3S. The first-order valence-electron chi connectivity index (χ1n) is 6.04. The molecule has 7 heteroatoms. The minimum atomic E-state index is -3.46. The fourth-order valence-corrected chi connectivity index (χ4v) is 3.50. The second-order valence-corrected chi connectivity index (χ2v) is 5.92. The van der Waals surface area contributed by atoms with Gasteiger partial charge in [0.25, 0.3) is 10.2 Å². The van der Waals surface area contributed by atoms with Gasteiger partial charge in [0.2, 0.25) is 5.91 Å². The van der Waals surface area contributed by atoms with E-state index in [0.717, 1.165) is 12.8 Å². The van der Waals surface area contributed by atoms with Gasteiger partial charge in [-0.25, -0.2) is 0 Å². The summed E-state index contributed by atoms with van der Waals surface area (Å²) in [6, 6.07) is 0. The van der Waals surface area contributed by atoms with Crippen molar-refractivity contribution in [1.29, 1.82) is 0 Å². The fourth-order valence-electron chi connectivity index (χ4n) is 1.85. The highest BCUT2D eigenvalue weighted by molar-refractivity contribution is 7.86. The number of rotatable bonds is 6. The molecular weight excluding hydrogens is 242 g/mol. The van der Waals surface area contributed by atoms with Crippen LogP contribution in [-0.4, -0.2) is 55.7 Å². The summed E-state index contributed by atoms with van der Waals surface area (Å²) >= 11 is 0. The topological polar surface area (TPSA) is 69.7 Å². The van der Waals surface area contributed by atoms with E-state index < -0.39 is 10.2 Å². The molecule has 0 radical (unpaired) electrons. The van der Waals surface area contributed by atoms with Gasteiger partial charge in [-0.1, -0.05) is 6.92 Å². The summed E-state index contributed by atoms with van der Waals surface area (Å²) < 4.78 is 27.0. The van der Waals surface area contributed by atoms with Gasteiger partial charge in [0.1, 0.15) is 0 Å². The van der Waals surface area contributed by atoms with Crippen molar-refractivity contribution in [2.24, 2.45) is 0 Å². The Morgan fingerprint density at radius 2 is 1.88 bits per heavy atom. The Morgan fingerprint density at radius 1 is 1.29 bits per heavy atom. The lowest BCUT2D eigenvalue weighted by Crippen LogP contribution is -2.46. The summed E-state index contributed by atoms with van der Waals surface area (Å²) in [6.07, 6.45) is 1.80. The van der Waals surface area contributed by atoms with Crippen molar-refractivity contribution in [1.82, 2.24) is 13.9 Å². The molecule has 0 aromatic heterocycles. The molecule has 1 aliphatic heterocycles. The Bertz CT molecular complexity index is 350. The van der Waals surface area contributed by atoms with Crippen LogP contribution in [0.1, 0.15) is 26.7 Å². The zero-order valence-electron chi connectivity index (χ0n) is 10.5. The van der Waals surface area contributed by atoms with Crippen molar-refractivity contribution >= 4 is 16.1 Å². The molecule has 1 amide bonds. The molecule has 1 N–H and O–H groups in total. The minimum Gasteiger partial charge on any atom is -0.355 e. The van der Waals surface area contributed by atoms with Gasteiger partial charge >= 0.3 is 0 Å². The Kier molecular flexibility index (Phi) is 5.35. The highest BCUT2D eigenvalue weighted by Crippen LogP contribution is 2.15. The number of nitrogens with zero attached hydrogens (tertiary/aromatic N) is 2. The number of hydrogen-bond acceptors (Lipinski definition) is 3. The number of hydrogen-bond donors (Lipinski definition) is 1. The molecule has 17 heavy (non-hydrogen) atoms. The van der Waals surface area contributed by atoms with Gasteiger partial charge in [-0.15, -0.1) is 0 Å². The average Bonchev–Trinajstić information content (AvgIpc) is 2.80. The first kappa shape index (κ1) is 14.4. The van der Waals surface area contributed by atoms with E-state index in [0.29, 0.717) is 26.2 Å². The molecule has 6 nitrogen and oxygen atoms in total. The van der Waals surface area contributed by atoms with Crippen LogP contribution in [0.5, 0.6) is 0 Å². The molecule has 0 aromatic rings. The molecule has 1 fully saturated rings. The number of nitrogens with one attached hydrogen (secondary N) is 1. The third kappa shape index (κ3) is 3.65. The van der Waals surface area contributed by atoms with Gasteiger partial charge in [0, 0.05) is 26.2 Å². The van der Waals surface area contributed by atoms with Crippen LogP contribution in [0.4, 0.5) is 0 Å². The molecule has 0 atom stereocenters. The van der Waals surface area contributed by atoms with Crippen LogP contribution in [0.15, 0.2) is 0 Å². The van der Waals surface area contributed by atoms with Crippen LogP contribution in [0.25, 0.3) is 0 Å². The maximum atomic E-state index is 12.2. The minimum absolute atomic E-state index is 0.0941. The van der Waals surface area contributed by atoms with Gasteiger partial charge in [-0.05, 0) is 19.8 Å². The van der Waals surface area contributed by atoms with E-state index in [1.54, 1.807) is 6.92 Å². The molecule has 100 valence electrons. The lowest BCUT2D eigenvalue weighted by molar-refractivity contribution is -0.121. The van der Waals surface area contributed by atoms with Crippen molar-refractivity contribution in [3.63, 3.8) is 0 Å². The zero-order valence-corrected chi connectivity index (χ0v) is 11.3. The molecule has 1 saturated heterocycles. The maximum absolute atomic E-state index is 12.2. The van der Waals surface area contributed by atoms with E-state index in [2.05, 4.69) is 5.32 Å². The third-order valence-corrected chi connectivity index (χ3v) is 4.82. The monoisotopic (exact) mass is 263 g/mol. The normalized spacial score (nSPS) is 17.6. The first-order valence-corrected chi connectivity index (χ1v) is 7.44. The highest BCUT2D eigenvalue weighted by Gasteiger charge is 2.31. The van der Waals surface area contributed by atoms with Crippen molar-refractivity contribution in [3.05, 3.63) is 0 Å². The quantitative estimate of drug-likeness (QED) is 0.720. The molecule has 0 aromatic carbocycles. The molecule has 0 unspecified atom stereocenters. The van der Waals surface area contributed by atoms with Crippen LogP contribution < -0.4 is 5.32 Å². The number of amides is 1. The Morgan fingerprint density at radius 3 is 2.35 bits per heavy atom. The van der Waals surface area contributed by atoms with Gasteiger partial charge < -0.3 is 5.32 Å². The third-order valence-electron chi connectivity index (χ3n) is 2.76. The summed E-state index contributed by atoms with van der Waals surface area (Å²) in [7, 11) is -3.46. The van der Waals surface area contributed by atoms with Gasteiger partial charge in [-0.3, -0.25) is 4.79 Å². The van der Waals surface area contributed by atoms with Crippen molar-refractivity contribution in [2.45, 2.75) is 26.7 Å². The molecule has 0 saturated carbocycles. The van der Waals surface area contributed by atoms with E-state index in [1.807, 2.05) is 6.92 Å². The van der Waals surface area contributed by atoms with E-state index in [-0.39, 0.29) is 12.5 Å². The maximum Gasteiger partial charge on any atom is 0.282 e. The zero-order chi connectivity index (χ0) is 12.9. The number of likely N-dealkylation sites (N-methyl/N-ethyl adjacent to an activating group) is 2. The Hall–Kier alpha value is -0.660. The van der Waals surface area contributed by atoms with Crippen molar-refractivity contribution < 1.29 is 13.2 Å². The van der Waals surface area contributed by atoms with Crippen molar-refractivity contribution in [2.75, 3.05) is 32.7 Å². The van der Waals surface area contributed by atoms with E-state index in [1.165, 1.54) is 8.61 Å². The van der Waals surface area contributed by atoms with E-state index in [9.17, 15) is 13.2 Å². The standard InChI is InChI=1S/C10H21N3O3S/c1-3-11-10(14)9-12(4-2)17(15,16)13-7-5-6-8-13/h3-9H2,1-2H3,(H,11,14). The van der Waals surface area contributed by atoms with Gasteiger partial charge in [0.05, 0.1) is 6.54 Å². The second kappa shape index (κ2) is 6.32. The lowest BCUT2D eigenvalue weighted by atomic mass is 10.4. The molecule has 1 heterocycles. The SMILES string of the molecule is CCNC(=O)CN(CC)S(=O)(=O)N1CCCC1. The summed E-state index contributed by atoms with van der Waals surface area (Å²) in [4.78, 5) is 11.4. The number of carbonyl (C=O) groups is 1. The summed E-state index contributed by atoms with van der Waals surface area (Å²) in [5.74, 6) is -0.253. The average molecular weight is 263 g/mol. The summed E-state index contributed by atoms with van der Waals surface area (Å²) in [5.41, 5.74) is 0. The van der Waals surface area contributed by atoms with Crippen LogP contribution in [0, 0.1) is 0 Å². The summed E-state index contributed by atoms with van der Waals surface area (Å²) in [6.45, 7) is 5.41. The largest absolute Gasteiger partial charge is 0.355 e. The Balaban J connectivity index is 2.68. The van der Waals surface area contributed by atoms with E-state index in [4.69, 9.17) is 0 Å². The molecule has 0 aliphatic carbocycles. The van der Waals surface area contributed by atoms with Crippen LogP contribution in [-0.2, 0) is 15.0 Å².